The second-order valence-electron chi connectivity index (χ2n) is 8.74. The Labute approximate surface area is 203 Å². The largest absolute Gasteiger partial charge is 0.493 e. The third kappa shape index (κ3) is 5.51. The van der Waals surface area contributed by atoms with Gasteiger partial charge >= 0.3 is 0 Å². The van der Waals surface area contributed by atoms with E-state index in [-0.39, 0.29) is 11.1 Å². The molecule has 2 aliphatic heterocycles. The molecular weight excluding hydrogens is 459 g/mol. The molecule has 180 valence electrons. The lowest BCUT2D eigenvalue weighted by molar-refractivity contribution is 0.142. The first kappa shape index (κ1) is 23.1. The van der Waals surface area contributed by atoms with Gasteiger partial charge in [0.1, 0.15) is 35.6 Å². The van der Waals surface area contributed by atoms with Crippen molar-refractivity contribution in [3.05, 3.63) is 47.5 Å². The number of fused-ring (bicyclic) bond motifs is 1. The van der Waals surface area contributed by atoms with E-state index in [9.17, 15) is 4.39 Å². The number of hydrogen-bond donors (Lipinski definition) is 2. The van der Waals surface area contributed by atoms with Gasteiger partial charge in [-0.1, -0.05) is 11.6 Å². The summed E-state index contributed by atoms with van der Waals surface area (Å²) >= 11 is 5.96. The van der Waals surface area contributed by atoms with Crippen LogP contribution in [0.2, 0.25) is 5.02 Å². The normalized spacial score (nSPS) is 20.1. The molecule has 2 saturated heterocycles. The minimum Gasteiger partial charge on any atom is -0.493 e. The van der Waals surface area contributed by atoms with E-state index in [2.05, 4.69) is 20.6 Å². The highest BCUT2D eigenvalue weighted by atomic mass is 35.5. The summed E-state index contributed by atoms with van der Waals surface area (Å²) in [7, 11) is 0. The molecule has 5 rings (SSSR count). The van der Waals surface area contributed by atoms with Gasteiger partial charge in [-0.05, 0) is 56.5 Å². The van der Waals surface area contributed by atoms with Crippen LogP contribution < -0.4 is 20.1 Å². The average molecular weight is 487 g/mol. The quantitative estimate of drug-likeness (QED) is 0.407. The Morgan fingerprint density at radius 2 is 2.15 bits per heavy atom. The zero-order valence-electron chi connectivity index (χ0n) is 18.9. The maximum Gasteiger partial charge on any atom is 0.145 e. The molecule has 2 aliphatic rings. The maximum atomic E-state index is 13.6. The number of ether oxygens (including phenoxy) is 3. The van der Waals surface area contributed by atoms with Crippen molar-refractivity contribution in [2.75, 3.05) is 38.2 Å². The van der Waals surface area contributed by atoms with Crippen molar-refractivity contribution in [1.29, 1.82) is 0 Å². The van der Waals surface area contributed by atoms with Crippen LogP contribution in [-0.4, -0.2) is 49.0 Å². The fourth-order valence-corrected chi connectivity index (χ4v) is 4.60. The lowest BCUT2D eigenvalue weighted by Gasteiger charge is -2.18. The molecule has 2 fully saturated rings. The summed E-state index contributed by atoms with van der Waals surface area (Å²) in [6.07, 6.45) is 5.63. The predicted molar refractivity (Wildman–Crippen MR) is 130 cm³/mol. The van der Waals surface area contributed by atoms with Crippen LogP contribution in [0.25, 0.3) is 10.9 Å². The molecule has 0 bridgehead atoms. The molecular formula is C25H28ClFN4O3. The second kappa shape index (κ2) is 10.7. The van der Waals surface area contributed by atoms with Gasteiger partial charge < -0.3 is 24.8 Å². The highest BCUT2D eigenvalue weighted by Gasteiger charge is 2.21. The number of benzene rings is 2. The Balaban J connectivity index is 1.40. The van der Waals surface area contributed by atoms with E-state index in [0.29, 0.717) is 48.3 Å². The van der Waals surface area contributed by atoms with Gasteiger partial charge in [0.15, 0.2) is 0 Å². The summed E-state index contributed by atoms with van der Waals surface area (Å²) < 4.78 is 31.5. The number of rotatable bonds is 9. The zero-order chi connectivity index (χ0) is 23.3. The summed E-state index contributed by atoms with van der Waals surface area (Å²) in [5, 5.41) is 7.39. The van der Waals surface area contributed by atoms with Crippen LogP contribution in [0, 0.1) is 11.7 Å². The smallest absolute Gasteiger partial charge is 0.145 e. The van der Waals surface area contributed by atoms with Crippen LogP contribution in [0.4, 0.5) is 15.9 Å². The van der Waals surface area contributed by atoms with Crippen LogP contribution in [0.5, 0.6) is 11.5 Å². The summed E-state index contributed by atoms with van der Waals surface area (Å²) in [6, 6.07) is 8.24. The number of hydrogen-bond acceptors (Lipinski definition) is 7. The topological polar surface area (TPSA) is 77.5 Å². The molecule has 0 saturated carbocycles. The summed E-state index contributed by atoms with van der Waals surface area (Å²) in [5.41, 5.74) is 1.31. The Bertz CT molecular complexity index is 1140. The fourth-order valence-electron chi connectivity index (χ4n) is 4.42. The van der Waals surface area contributed by atoms with E-state index in [4.69, 9.17) is 25.8 Å². The van der Waals surface area contributed by atoms with Gasteiger partial charge in [-0.15, -0.1) is 0 Å². The number of halogens is 2. The highest BCUT2D eigenvalue weighted by molar-refractivity contribution is 6.31. The van der Waals surface area contributed by atoms with Crippen molar-refractivity contribution in [1.82, 2.24) is 15.3 Å². The number of nitrogens with zero attached hydrogens (tertiary/aromatic N) is 2. The fraction of sp³-hybridized carbons (Fsp3) is 0.440. The van der Waals surface area contributed by atoms with Crippen molar-refractivity contribution in [2.24, 2.45) is 5.92 Å². The van der Waals surface area contributed by atoms with Crippen molar-refractivity contribution in [3.8, 4) is 11.5 Å². The molecule has 0 amide bonds. The SMILES string of the molecule is Fc1ccc(Nc2ncnc3cc(OCCCC4CCNC4)cc(OC4CCOC4)c23)cc1Cl. The standard InChI is InChI=1S/C25H28ClFN4O3/c26-20-10-17(3-4-21(20)27)31-25-24-22(29-15-30-25)11-19(12-23(24)34-18-6-9-32-14-18)33-8-1-2-16-5-7-28-13-16/h3-4,10-12,15-16,18,28H,1-2,5-9,13-14H2,(H,29,30,31). The molecule has 1 aromatic heterocycles. The van der Waals surface area contributed by atoms with E-state index in [1.165, 1.54) is 24.9 Å². The molecule has 2 atom stereocenters. The van der Waals surface area contributed by atoms with E-state index in [1.807, 2.05) is 12.1 Å². The van der Waals surface area contributed by atoms with E-state index >= 15 is 0 Å². The zero-order valence-corrected chi connectivity index (χ0v) is 19.6. The van der Waals surface area contributed by atoms with Crippen LogP contribution in [0.1, 0.15) is 25.7 Å². The first-order valence-electron chi connectivity index (χ1n) is 11.7. The van der Waals surface area contributed by atoms with Gasteiger partial charge in [0, 0.05) is 24.2 Å². The molecule has 3 aromatic rings. The summed E-state index contributed by atoms with van der Waals surface area (Å²) in [6.45, 7) is 4.06. The number of aromatic nitrogens is 2. The monoisotopic (exact) mass is 486 g/mol. The molecule has 0 aliphatic carbocycles. The summed E-state index contributed by atoms with van der Waals surface area (Å²) in [5.74, 6) is 2.14. The first-order valence-corrected chi connectivity index (χ1v) is 12.1. The van der Waals surface area contributed by atoms with E-state index in [0.717, 1.165) is 43.7 Å². The summed E-state index contributed by atoms with van der Waals surface area (Å²) in [4.78, 5) is 8.89. The number of anilines is 2. The third-order valence-corrected chi connectivity index (χ3v) is 6.52. The minimum atomic E-state index is -0.476. The Kier molecular flexibility index (Phi) is 7.27. The minimum absolute atomic E-state index is 0.0343. The van der Waals surface area contributed by atoms with Gasteiger partial charge in [-0.2, -0.15) is 0 Å². The van der Waals surface area contributed by atoms with Crippen LogP contribution in [-0.2, 0) is 4.74 Å². The first-order chi connectivity index (χ1) is 16.7. The second-order valence-corrected chi connectivity index (χ2v) is 9.15. The van der Waals surface area contributed by atoms with Crippen LogP contribution in [0.3, 0.4) is 0 Å². The Morgan fingerprint density at radius 1 is 1.21 bits per heavy atom. The molecule has 3 heterocycles. The van der Waals surface area contributed by atoms with Gasteiger partial charge in [0.05, 0.1) is 35.7 Å². The maximum absolute atomic E-state index is 13.6. The van der Waals surface area contributed by atoms with Crippen molar-refractivity contribution in [3.63, 3.8) is 0 Å². The molecule has 0 radical (unpaired) electrons. The lowest BCUT2D eigenvalue weighted by atomic mass is 10.0. The number of nitrogens with one attached hydrogen (secondary N) is 2. The van der Waals surface area contributed by atoms with Gasteiger partial charge in [0.25, 0.3) is 0 Å². The van der Waals surface area contributed by atoms with Crippen molar-refractivity contribution in [2.45, 2.75) is 31.8 Å². The molecule has 2 aromatic carbocycles. The van der Waals surface area contributed by atoms with Crippen LogP contribution >= 0.6 is 11.6 Å². The highest BCUT2D eigenvalue weighted by Crippen LogP contribution is 2.37. The molecule has 2 unspecified atom stereocenters. The average Bonchev–Trinajstić information content (AvgIpc) is 3.54. The van der Waals surface area contributed by atoms with Crippen molar-refractivity contribution < 1.29 is 18.6 Å². The van der Waals surface area contributed by atoms with Gasteiger partial charge in [0.2, 0.25) is 0 Å². The van der Waals surface area contributed by atoms with Gasteiger partial charge in [-0.25, -0.2) is 14.4 Å². The lowest BCUT2D eigenvalue weighted by Crippen LogP contribution is -2.16. The molecule has 34 heavy (non-hydrogen) atoms. The van der Waals surface area contributed by atoms with Crippen molar-refractivity contribution >= 4 is 34.0 Å². The predicted octanol–water partition coefficient (Wildman–Crippen LogP) is 5.10. The van der Waals surface area contributed by atoms with E-state index < -0.39 is 5.82 Å². The third-order valence-electron chi connectivity index (χ3n) is 6.23. The van der Waals surface area contributed by atoms with Gasteiger partial charge in [-0.3, -0.25) is 0 Å². The Hall–Kier alpha value is -2.68. The molecule has 9 heteroatoms. The Morgan fingerprint density at radius 3 is 2.94 bits per heavy atom. The molecule has 2 N–H and O–H groups in total. The van der Waals surface area contributed by atoms with E-state index in [1.54, 1.807) is 6.07 Å². The van der Waals surface area contributed by atoms with Crippen LogP contribution in [0.15, 0.2) is 36.7 Å². The molecule has 7 nitrogen and oxygen atoms in total. The molecule has 0 spiro atoms.